The minimum atomic E-state index is -0.847. The van der Waals surface area contributed by atoms with Gasteiger partial charge in [0.05, 0.1) is 10.8 Å². The predicted molar refractivity (Wildman–Crippen MR) is 78.6 cm³/mol. The molecule has 0 bridgehead atoms. The zero-order chi connectivity index (χ0) is 12.8. The lowest BCUT2D eigenvalue weighted by atomic mass is 10.4. The first-order valence-corrected chi connectivity index (χ1v) is 8.14. The molecule has 18 heavy (non-hydrogen) atoms. The van der Waals surface area contributed by atoms with Gasteiger partial charge in [-0.1, -0.05) is 36.9 Å². The average Bonchev–Trinajstić information content (AvgIpc) is 2.41. The lowest BCUT2D eigenvalue weighted by Crippen LogP contribution is -1.95. The third-order valence-corrected chi connectivity index (χ3v) is 5.05. The predicted octanol–water partition coefficient (Wildman–Crippen LogP) is 4.36. The fourth-order valence-electron chi connectivity index (χ4n) is 1.59. The van der Waals surface area contributed by atoms with Crippen LogP contribution in [0.5, 0.6) is 0 Å². The summed E-state index contributed by atoms with van der Waals surface area (Å²) in [5, 5.41) is 0. The molecule has 2 aromatic carbocycles. The number of hydrogen-bond acceptors (Lipinski definition) is 2. The van der Waals surface area contributed by atoms with Crippen LogP contribution in [0, 0.1) is 0 Å². The molecule has 2 aromatic rings. The zero-order valence-corrected chi connectivity index (χ0v) is 12.0. The van der Waals surface area contributed by atoms with Crippen molar-refractivity contribution in [2.24, 2.45) is 0 Å². The van der Waals surface area contributed by atoms with Crippen LogP contribution >= 0.6 is 11.8 Å². The molecule has 0 aromatic heterocycles. The van der Waals surface area contributed by atoms with Crippen molar-refractivity contribution in [3.63, 3.8) is 0 Å². The van der Waals surface area contributed by atoms with Gasteiger partial charge in [-0.2, -0.15) is 0 Å². The third kappa shape index (κ3) is 3.72. The maximum atomic E-state index is 11.8. The quantitative estimate of drug-likeness (QED) is 0.807. The maximum Gasteiger partial charge on any atom is 0.0529 e. The molecule has 0 aliphatic carbocycles. The molecule has 0 aliphatic rings. The van der Waals surface area contributed by atoms with Crippen LogP contribution in [0.1, 0.15) is 13.3 Å². The van der Waals surface area contributed by atoms with Crippen molar-refractivity contribution in [1.29, 1.82) is 0 Å². The van der Waals surface area contributed by atoms with Crippen molar-refractivity contribution in [3.8, 4) is 0 Å². The minimum Gasteiger partial charge on any atom is -0.254 e. The summed E-state index contributed by atoms with van der Waals surface area (Å²) in [7, 11) is -0.847. The lowest BCUT2D eigenvalue weighted by Gasteiger charge is -2.03. The second-order valence-corrected chi connectivity index (χ2v) is 6.65. The summed E-state index contributed by atoms with van der Waals surface area (Å²) >= 11 is 1.72. The van der Waals surface area contributed by atoms with Crippen molar-refractivity contribution in [2.75, 3.05) is 5.75 Å². The summed E-state index contributed by atoms with van der Waals surface area (Å²) in [5.41, 5.74) is 0. The van der Waals surface area contributed by atoms with E-state index in [9.17, 15) is 4.21 Å². The molecule has 0 amide bonds. The van der Waals surface area contributed by atoms with Crippen LogP contribution < -0.4 is 0 Å². The van der Waals surface area contributed by atoms with Crippen molar-refractivity contribution >= 4 is 22.6 Å². The summed E-state index contributed by atoms with van der Waals surface area (Å²) in [5.74, 6) is 0.741. The number of rotatable bonds is 5. The van der Waals surface area contributed by atoms with Crippen LogP contribution in [0.25, 0.3) is 0 Å². The van der Waals surface area contributed by atoms with Crippen LogP contribution in [0.2, 0.25) is 0 Å². The topological polar surface area (TPSA) is 17.1 Å². The molecule has 0 fully saturated rings. The van der Waals surface area contributed by atoms with Crippen molar-refractivity contribution in [1.82, 2.24) is 0 Å². The molecule has 3 heteroatoms. The van der Waals surface area contributed by atoms with Gasteiger partial charge in [-0.05, 0) is 42.8 Å². The first-order chi connectivity index (χ1) is 8.79. The largest absolute Gasteiger partial charge is 0.254 e. The molecule has 0 spiro atoms. The molecule has 1 unspecified atom stereocenters. The van der Waals surface area contributed by atoms with E-state index >= 15 is 0 Å². The number of benzene rings is 2. The maximum absolute atomic E-state index is 11.8. The van der Waals surface area contributed by atoms with E-state index in [2.05, 4.69) is 19.1 Å². The van der Waals surface area contributed by atoms with Crippen LogP contribution in [0.15, 0.2) is 69.3 Å². The van der Waals surface area contributed by atoms with E-state index in [1.807, 2.05) is 42.5 Å². The van der Waals surface area contributed by atoms with Crippen molar-refractivity contribution in [3.05, 3.63) is 54.6 Å². The van der Waals surface area contributed by atoms with E-state index in [-0.39, 0.29) is 0 Å². The normalized spacial score (nSPS) is 12.3. The van der Waals surface area contributed by atoms with Gasteiger partial charge in [0.15, 0.2) is 0 Å². The molecule has 0 radical (unpaired) electrons. The van der Waals surface area contributed by atoms with Crippen LogP contribution in [-0.4, -0.2) is 9.96 Å². The Balaban J connectivity index is 2.06. The second kappa shape index (κ2) is 6.76. The van der Waals surface area contributed by atoms with Crippen LogP contribution in [0.3, 0.4) is 0 Å². The fourth-order valence-corrected chi connectivity index (χ4v) is 3.47. The Hall–Kier alpha value is -1.06. The molecular weight excluding hydrogens is 260 g/mol. The highest BCUT2D eigenvalue weighted by Crippen LogP contribution is 2.27. The molecule has 0 saturated heterocycles. The molecule has 94 valence electrons. The fraction of sp³-hybridized carbons (Fsp3) is 0.200. The zero-order valence-electron chi connectivity index (χ0n) is 10.3. The third-order valence-electron chi connectivity index (χ3n) is 2.46. The van der Waals surface area contributed by atoms with E-state index < -0.39 is 10.8 Å². The molecule has 1 nitrogen and oxygen atoms in total. The molecule has 2 rings (SSSR count). The second-order valence-electron chi connectivity index (χ2n) is 3.94. The molecule has 1 atom stereocenters. The Morgan fingerprint density at radius 2 is 1.56 bits per heavy atom. The van der Waals surface area contributed by atoms with Gasteiger partial charge in [-0.25, -0.2) is 0 Å². The van der Waals surface area contributed by atoms with Gasteiger partial charge in [0.25, 0.3) is 0 Å². The first-order valence-electron chi connectivity index (χ1n) is 6.01. The summed E-state index contributed by atoms with van der Waals surface area (Å²) in [6.07, 6.45) is 0.952. The van der Waals surface area contributed by atoms with Crippen molar-refractivity contribution in [2.45, 2.75) is 28.0 Å². The average molecular weight is 276 g/mol. The van der Waals surface area contributed by atoms with Gasteiger partial charge in [-0.15, -0.1) is 0 Å². The molecule has 0 heterocycles. The molecular formula is C15H16OS2. The standard InChI is InChI=1S/C15H16OS2/c1-2-12-18(16)15-10-8-14(9-11-15)17-13-6-4-3-5-7-13/h3-11H,2,12H2,1H3. The van der Waals surface area contributed by atoms with Gasteiger partial charge in [0.1, 0.15) is 0 Å². The first kappa shape index (κ1) is 13.4. The molecule has 0 N–H and O–H groups in total. The van der Waals surface area contributed by atoms with E-state index in [1.54, 1.807) is 11.8 Å². The molecule has 0 aliphatic heterocycles. The monoisotopic (exact) mass is 276 g/mol. The Kier molecular flexibility index (Phi) is 5.02. The van der Waals surface area contributed by atoms with Gasteiger partial charge >= 0.3 is 0 Å². The van der Waals surface area contributed by atoms with Crippen molar-refractivity contribution < 1.29 is 4.21 Å². The van der Waals surface area contributed by atoms with Crippen LogP contribution in [-0.2, 0) is 10.8 Å². The van der Waals surface area contributed by atoms with E-state index in [0.29, 0.717) is 0 Å². The summed E-state index contributed by atoms with van der Waals surface area (Å²) in [6, 6.07) is 18.3. The Bertz CT molecular complexity index is 506. The highest BCUT2D eigenvalue weighted by molar-refractivity contribution is 7.99. The lowest BCUT2D eigenvalue weighted by molar-refractivity contribution is 0.682. The van der Waals surface area contributed by atoms with Crippen LogP contribution in [0.4, 0.5) is 0 Å². The van der Waals surface area contributed by atoms with Gasteiger partial charge in [0.2, 0.25) is 0 Å². The molecule has 0 saturated carbocycles. The minimum absolute atomic E-state index is 0.741. The highest BCUT2D eigenvalue weighted by atomic mass is 32.2. The Morgan fingerprint density at radius 1 is 0.944 bits per heavy atom. The number of hydrogen-bond donors (Lipinski definition) is 0. The smallest absolute Gasteiger partial charge is 0.0529 e. The summed E-state index contributed by atoms with van der Waals surface area (Å²) < 4.78 is 11.8. The van der Waals surface area contributed by atoms with E-state index in [1.165, 1.54) is 9.79 Å². The van der Waals surface area contributed by atoms with E-state index in [0.717, 1.165) is 17.1 Å². The van der Waals surface area contributed by atoms with Gasteiger partial charge in [0, 0.05) is 20.4 Å². The Labute approximate surface area is 115 Å². The Morgan fingerprint density at radius 3 is 2.17 bits per heavy atom. The highest BCUT2D eigenvalue weighted by Gasteiger charge is 2.03. The van der Waals surface area contributed by atoms with Gasteiger partial charge < -0.3 is 0 Å². The SMILES string of the molecule is CCCS(=O)c1ccc(Sc2ccccc2)cc1. The van der Waals surface area contributed by atoms with E-state index in [4.69, 9.17) is 0 Å². The summed E-state index contributed by atoms with van der Waals surface area (Å²) in [4.78, 5) is 3.33. The summed E-state index contributed by atoms with van der Waals surface area (Å²) in [6.45, 7) is 2.05. The van der Waals surface area contributed by atoms with Gasteiger partial charge in [-0.3, -0.25) is 4.21 Å².